The normalized spacial score (nSPS) is 17.4. The second-order valence-corrected chi connectivity index (χ2v) is 9.05. The molecule has 1 amide bonds. The van der Waals surface area contributed by atoms with Crippen LogP contribution < -0.4 is 5.56 Å². The van der Waals surface area contributed by atoms with Gasteiger partial charge in [-0.3, -0.25) is 9.59 Å². The standard InChI is InChI=1S/C25H20F5N3O3/c26-17-3-1-2-15(19(17)27)20(34)22(36)33-11-8-18-16(12-33)21(35)32-23(31-18)24(9-10-24)13-4-6-14(7-5-13)25(28,29)30/h1-7,20,34H,8-12H2,(H,31,32,35). The molecule has 188 valence electrons. The number of rotatable bonds is 4. The minimum absolute atomic E-state index is 0.0863. The maximum Gasteiger partial charge on any atom is 0.416 e. The number of hydrogen-bond acceptors (Lipinski definition) is 4. The summed E-state index contributed by atoms with van der Waals surface area (Å²) in [7, 11) is 0. The second kappa shape index (κ2) is 8.51. The predicted molar refractivity (Wildman–Crippen MR) is 117 cm³/mol. The van der Waals surface area contributed by atoms with Gasteiger partial charge >= 0.3 is 6.18 Å². The molecule has 5 rings (SSSR count). The molecule has 3 aromatic rings. The van der Waals surface area contributed by atoms with Crippen molar-refractivity contribution in [3.05, 3.63) is 98.2 Å². The molecule has 0 spiro atoms. The molecule has 2 N–H and O–H groups in total. The number of alkyl halides is 3. The first-order chi connectivity index (χ1) is 17.0. The largest absolute Gasteiger partial charge is 0.416 e. The van der Waals surface area contributed by atoms with Crippen molar-refractivity contribution < 1.29 is 31.9 Å². The molecule has 6 nitrogen and oxygen atoms in total. The smallest absolute Gasteiger partial charge is 0.378 e. The van der Waals surface area contributed by atoms with E-state index in [1.165, 1.54) is 23.1 Å². The SMILES string of the molecule is O=C(C(O)c1cccc(F)c1F)N1CCc2nc(C3(c4ccc(C(F)(F)F)cc4)CC3)[nH]c(=O)c2C1. The molecule has 0 saturated heterocycles. The average Bonchev–Trinajstić information content (AvgIpc) is 3.66. The number of carbonyl (C=O) groups excluding carboxylic acids is 1. The van der Waals surface area contributed by atoms with Gasteiger partial charge in [0.25, 0.3) is 11.5 Å². The van der Waals surface area contributed by atoms with Crippen LogP contribution in [0.15, 0.2) is 47.3 Å². The van der Waals surface area contributed by atoms with E-state index in [2.05, 4.69) is 9.97 Å². The molecule has 2 aromatic carbocycles. The molecular formula is C25H20F5N3O3. The number of hydrogen-bond donors (Lipinski definition) is 2. The van der Waals surface area contributed by atoms with Crippen molar-refractivity contribution in [2.24, 2.45) is 0 Å². The number of nitrogens with one attached hydrogen (secondary N) is 1. The van der Waals surface area contributed by atoms with E-state index in [4.69, 9.17) is 0 Å². The molecule has 1 aromatic heterocycles. The minimum atomic E-state index is -4.45. The Morgan fingerprint density at radius 1 is 1.11 bits per heavy atom. The average molecular weight is 505 g/mol. The summed E-state index contributed by atoms with van der Waals surface area (Å²) in [6, 6.07) is 7.94. The van der Waals surface area contributed by atoms with E-state index in [0.29, 0.717) is 29.9 Å². The Morgan fingerprint density at radius 3 is 2.44 bits per heavy atom. The number of H-pyrrole nitrogens is 1. The predicted octanol–water partition coefficient (Wildman–Crippen LogP) is 3.77. The number of halogens is 5. The number of amides is 1. The highest BCUT2D eigenvalue weighted by molar-refractivity contribution is 5.82. The second-order valence-electron chi connectivity index (χ2n) is 9.05. The van der Waals surface area contributed by atoms with Crippen molar-refractivity contribution in [2.45, 2.75) is 43.5 Å². The fraction of sp³-hybridized carbons (Fsp3) is 0.320. The van der Waals surface area contributed by atoms with Gasteiger partial charge in [0.15, 0.2) is 17.7 Å². The number of aromatic amines is 1. The van der Waals surface area contributed by atoms with Gasteiger partial charge in [0.2, 0.25) is 0 Å². The van der Waals surface area contributed by atoms with E-state index in [1.807, 2.05) is 0 Å². The summed E-state index contributed by atoms with van der Waals surface area (Å²) in [5, 5.41) is 10.3. The Balaban J connectivity index is 1.39. The summed E-state index contributed by atoms with van der Waals surface area (Å²) in [4.78, 5) is 34.2. The van der Waals surface area contributed by atoms with Crippen LogP contribution in [0, 0.1) is 11.6 Å². The highest BCUT2D eigenvalue weighted by Crippen LogP contribution is 2.52. The van der Waals surface area contributed by atoms with Gasteiger partial charge in [-0.15, -0.1) is 0 Å². The van der Waals surface area contributed by atoms with Crippen LogP contribution in [0.1, 0.15) is 52.7 Å². The van der Waals surface area contributed by atoms with Crippen molar-refractivity contribution in [2.75, 3.05) is 6.54 Å². The first-order valence-electron chi connectivity index (χ1n) is 11.2. The molecule has 1 saturated carbocycles. The van der Waals surface area contributed by atoms with Gasteiger partial charge in [0, 0.05) is 18.5 Å². The zero-order valence-electron chi connectivity index (χ0n) is 18.7. The van der Waals surface area contributed by atoms with E-state index in [0.717, 1.165) is 24.3 Å². The molecule has 11 heteroatoms. The van der Waals surface area contributed by atoms with Crippen molar-refractivity contribution in [3.8, 4) is 0 Å². The molecule has 36 heavy (non-hydrogen) atoms. The maximum atomic E-state index is 14.0. The highest BCUT2D eigenvalue weighted by Gasteiger charge is 2.49. The van der Waals surface area contributed by atoms with Gasteiger partial charge in [0.1, 0.15) is 5.82 Å². The van der Waals surface area contributed by atoms with Crippen LogP contribution in [0.2, 0.25) is 0 Å². The Morgan fingerprint density at radius 2 is 1.81 bits per heavy atom. The lowest BCUT2D eigenvalue weighted by atomic mass is 9.93. The van der Waals surface area contributed by atoms with Crippen LogP contribution in [0.5, 0.6) is 0 Å². The number of aliphatic hydroxyl groups excluding tert-OH is 1. The van der Waals surface area contributed by atoms with Gasteiger partial charge in [0.05, 0.1) is 28.8 Å². The van der Waals surface area contributed by atoms with Gasteiger partial charge in [-0.2, -0.15) is 13.2 Å². The summed E-state index contributed by atoms with van der Waals surface area (Å²) < 4.78 is 66.3. The number of aromatic nitrogens is 2. The third-order valence-electron chi connectivity index (χ3n) is 6.86. The van der Waals surface area contributed by atoms with Gasteiger partial charge in [-0.05, 0) is 36.6 Å². The van der Waals surface area contributed by atoms with Gasteiger partial charge in [-0.25, -0.2) is 13.8 Å². The van der Waals surface area contributed by atoms with E-state index in [9.17, 15) is 36.6 Å². The number of aliphatic hydroxyl groups is 1. The highest BCUT2D eigenvalue weighted by atomic mass is 19.4. The number of benzene rings is 2. The van der Waals surface area contributed by atoms with Crippen LogP contribution in [0.3, 0.4) is 0 Å². The molecule has 2 heterocycles. The van der Waals surface area contributed by atoms with E-state index >= 15 is 0 Å². The summed E-state index contributed by atoms with van der Waals surface area (Å²) in [5.74, 6) is -3.04. The number of carbonyl (C=O) groups is 1. The molecular weight excluding hydrogens is 485 g/mol. The van der Waals surface area contributed by atoms with E-state index < -0.39 is 51.9 Å². The Hall–Kier alpha value is -3.60. The quantitative estimate of drug-likeness (QED) is 0.529. The van der Waals surface area contributed by atoms with Crippen molar-refractivity contribution >= 4 is 5.91 Å². The third kappa shape index (κ3) is 4.06. The summed E-state index contributed by atoms with van der Waals surface area (Å²) in [6.45, 7) is -0.0962. The van der Waals surface area contributed by atoms with Crippen molar-refractivity contribution in [3.63, 3.8) is 0 Å². The number of nitrogens with zero attached hydrogens (tertiary/aromatic N) is 2. The fourth-order valence-electron chi connectivity index (χ4n) is 4.64. The van der Waals surface area contributed by atoms with Gasteiger partial charge < -0.3 is 15.0 Å². The summed E-state index contributed by atoms with van der Waals surface area (Å²) >= 11 is 0. The Labute approximate surface area is 201 Å². The Bertz CT molecular complexity index is 1400. The lowest BCUT2D eigenvalue weighted by molar-refractivity contribution is -0.141. The zero-order chi connectivity index (χ0) is 25.8. The van der Waals surface area contributed by atoms with Crippen LogP contribution in [0.25, 0.3) is 0 Å². The van der Waals surface area contributed by atoms with Crippen LogP contribution in [-0.2, 0) is 29.4 Å². The number of fused-ring (bicyclic) bond motifs is 1. The van der Waals surface area contributed by atoms with E-state index in [1.54, 1.807) is 0 Å². The van der Waals surface area contributed by atoms with E-state index in [-0.39, 0.29) is 25.1 Å². The molecule has 2 aliphatic rings. The molecule has 1 fully saturated rings. The van der Waals surface area contributed by atoms with Crippen LogP contribution in [-0.4, -0.2) is 32.4 Å². The molecule has 1 atom stereocenters. The maximum absolute atomic E-state index is 14.0. The molecule has 0 radical (unpaired) electrons. The third-order valence-corrected chi connectivity index (χ3v) is 6.86. The lowest BCUT2D eigenvalue weighted by Crippen LogP contribution is -2.42. The van der Waals surface area contributed by atoms with Gasteiger partial charge in [-0.1, -0.05) is 24.3 Å². The first kappa shape index (κ1) is 24.1. The monoisotopic (exact) mass is 505 g/mol. The summed E-state index contributed by atoms with van der Waals surface area (Å²) in [6.07, 6.45) is -5.00. The molecule has 0 bridgehead atoms. The molecule has 1 aliphatic heterocycles. The topological polar surface area (TPSA) is 86.3 Å². The zero-order valence-corrected chi connectivity index (χ0v) is 18.7. The summed E-state index contributed by atoms with van der Waals surface area (Å²) in [5.41, 5.74) is -1.19. The minimum Gasteiger partial charge on any atom is -0.378 e. The van der Waals surface area contributed by atoms with Crippen molar-refractivity contribution in [1.29, 1.82) is 0 Å². The first-order valence-corrected chi connectivity index (χ1v) is 11.2. The molecule has 1 unspecified atom stereocenters. The lowest BCUT2D eigenvalue weighted by Gasteiger charge is -2.30. The van der Waals surface area contributed by atoms with Crippen molar-refractivity contribution in [1.82, 2.24) is 14.9 Å². The Kier molecular flexibility index (Phi) is 5.70. The molecule has 1 aliphatic carbocycles. The van der Waals surface area contributed by atoms with Crippen LogP contribution >= 0.6 is 0 Å². The fourth-order valence-corrected chi connectivity index (χ4v) is 4.64. The van der Waals surface area contributed by atoms with Crippen LogP contribution in [0.4, 0.5) is 22.0 Å².